The number of hydrogen-bond donors (Lipinski definition) is 3. The lowest BCUT2D eigenvalue weighted by Crippen LogP contribution is -2.28. The first-order valence-electron chi connectivity index (χ1n) is 4.18. The Morgan fingerprint density at radius 3 is 1.31 bits per heavy atom. The molecule has 0 aliphatic rings. The van der Waals surface area contributed by atoms with Crippen molar-refractivity contribution in [1.82, 2.24) is 15.3 Å². The summed E-state index contributed by atoms with van der Waals surface area (Å²) >= 11 is 0. The van der Waals surface area contributed by atoms with Gasteiger partial charge in [0, 0.05) is 19.6 Å². The molecule has 0 aromatic rings. The Bertz CT molecular complexity index is 130. The SMILES string of the molecule is C=CCNP(NCC=C)NCC=C. The van der Waals surface area contributed by atoms with Crippen molar-refractivity contribution < 1.29 is 0 Å². The molecule has 3 nitrogen and oxygen atoms in total. The molecule has 0 aromatic carbocycles. The summed E-state index contributed by atoms with van der Waals surface area (Å²) in [6.45, 7) is 13.3. The van der Waals surface area contributed by atoms with Crippen LogP contribution < -0.4 is 15.3 Å². The molecule has 0 spiro atoms. The summed E-state index contributed by atoms with van der Waals surface area (Å²) in [6.07, 6.45) is 5.50. The summed E-state index contributed by atoms with van der Waals surface area (Å²) < 4.78 is 0. The van der Waals surface area contributed by atoms with E-state index in [2.05, 4.69) is 35.0 Å². The van der Waals surface area contributed by atoms with E-state index in [0.29, 0.717) is 0 Å². The molecule has 0 aliphatic heterocycles. The molecule has 3 N–H and O–H groups in total. The maximum atomic E-state index is 3.65. The first-order valence-corrected chi connectivity index (χ1v) is 5.52. The molecule has 4 heteroatoms. The van der Waals surface area contributed by atoms with E-state index in [1.165, 1.54) is 0 Å². The molecule has 74 valence electrons. The second-order valence-corrected chi connectivity index (χ2v) is 3.91. The Morgan fingerprint density at radius 1 is 0.769 bits per heavy atom. The lowest BCUT2D eigenvalue weighted by atomic mass is 10.7. The molecule has 0 saturated carbocycles. The zero-order valence-electron chi connectivity index (χ0n) is 7.92. The van der Waals surface area contributed by atoms with Crippen molar-refractivity contribution in [3.05, 3.63) is 38.0 Å². The summed E-state index contributed by atoms with van der Waals surface area (Å²) in [7, 11) is -0.542. The maximum absolute atomic E-state index is 3.65. The van der Waals surface area contributed by atoms with Gasteiger partial charge in [0.05, 0.1) is 0 Å². The standard InChI is InChI=1S/C9H18N3P/c1-4-7-10-13(11-8-5-2)12-9-6-3/h4-6,10-12H,1-3,7-9H2. The topological polar surface area (TPSA) is 36.1 Å². The average Bonchev–Trinajstić information content (AvgIpc) is 2.17. The van der Waals surface area contributed by atoms with Crippen LogP contribution in [0.2, 0.25) is 0 Å². The molecule has 0 bridgehead atoms. The average molecular weight is 199 g/mol. The molecular weight excluding hydrogens is 181 g/mol. The van der Waals surface area contributed by atoms with Gasteiger partial charge in [-0.1, -0.05) is 18.2 Å². The van der Waals surface area contributed by atoms with E-state index in [9.17, 15) is 0 Å². The highest BCUT2D eigenvalue weighted by atomic mass is 31.1. The third kappa shape index (κ3) is 7.88. The van der Waals surface area contributed by atoms with Crippen molar-refractivity contribution in [2.24, 2.45) is 0 Å². The maximum Gasteiger partial charge on any atom is 0.112 e. The molecular formula is C9H18N3P. The summed E-state index contributed by atoms with van der Waals surface area (Å²) in [4.78, 5) is 0. The van der Waals surface area contributed by atoms with Gasteiger partial charge in [0.25, 0.3) is 0 Å². The third-order valence-corrected chi connectivity index (χ3v) is 2.68. The number of rotatable bonds is 9. The van der Waals surface area contributed by atoms with Crippen molar-refractivity contribution in [2.75, 3.05) is 19.6 Å². The van der Waals surface area contributed by atoms with Gasteiger partial charge in [-0.25, -0.2) is 0 Å². The monoisotopic (exact) mass is 199 g/mol. The van der Waals surface area contributed by atoms with E-state index >= 15 is 0 Å². The minimum absolute atomic E-state index is 0.542. The highest BCUT2D eigenvalue weighted by molar-refractivity contribution is 7.51. The van der Waals surface area contributed by atoms with Crippen LogP contribution in [0.3, 0.4) is 0 Å². The molecule has 0 heterocycles. The third-order valence-electron chi connectivity index (χ3n) is 1.18. The van der Waals surface area contributed by atoms with Crippen LogP contribution in [-0.4, -0.2) is 19.6 Å². The minimum Gasteiger partial charge on any atom is -0.268 e. The van der Waals surface area contributed by atoms with Gasteiger partial charge in [-0.3, -0.25) is 15.3 Å². The Hall–Kier alpha value is -0.470. The van der Waals surface area contributed by atoms with E-state index in [1.807, 2.05) is 18.2 Å². The highest BCUT2D eigenvalue weighted by Gasteiger charge is 2.01. The first kappa shape index (κ1) is 12.5. The first-order chi connectivity index (χ1) is 6.35. The molecule has 0 atom stereocenters. The van der Waals surface area contributed by atoms with Crippen LogP contribution in [0.25, 0.3) is 0 Å². The second kappa shape index (κ2) is 9.62. The minimum atomic E-state index is -0.542. The van der Waals surface area contributed by atoms with E-state index in [0.717, 1.165) is 19.6 Å². The van der Waals surface area contributed by atoms with Gasteiger partial charge < -0.3 is 0 Å². The van der Waals surface area contributed by atoms with Gasteiger partial charge in [-0.2, -0.15) is 0 Å². The van der Waals surface area contributed by atoms with Gasteiger partial charge in [0.15, 0.2) is 0 Å². The van der Waals surface area contributed by atoms with Crippen LogP contribution >= 0.6 is 8.37 Å². The van der Waals surface area contributed by atoms with Gasteiger partial charge in [0.2, 0.25) is 0 Å². The molecule has 0 saturated heterocycles. The fourth-order valence-corrected chi connectivity index (χ4v) is 1.91. The Balaban J connectivity index is 3.64. The Labute approximate surface area is 81.9 Å². The molecule has 0 aromatic heterocycles. The summed E-state index contributed by atoms with van der Waals surface area (Å²) in [5, 5.41) is 9.80. The second-order valence-electron chi connectivity index (χ2n) is 2.29. The molecule has 0 fully saturated rings. The quantitative estimate of drug-likeness (QED) is 0.389. The van der Waals surface area contributed by atoms with Crippen molar-refractivity contribution >= 4 is 8.37 Å². The molecule has 0 unspecified atom stereocenters. The van der Waals surface area contributed by atoms with E-state index in [4.69, 9.17) is 0 Å². The van der Waals surface area contributed by atoms with Crippen molar-refractivity contribution in [3.8, 4) is 0 Å². The zero-order valence-corrected chi connectivity index (χ0v) is 8.82. The largest absolute Gasteiger partial charge is 0.268 e. The smallest absolute Gasteiger partial charge is 0.112 e. The Morgan fingerprint density at radius 2 is 1.08 bits per heavy atom. The van der Waals surface area contributed by atoms with E-state index < -0.39 is 8.37 Å². The van der Waals surface area contributed by atoms with Crippen LogP contribution in [0.15, 0.2) is 38.0 Å². The van der Waals surface area contributed by atoms with Gasteiger partial charge in [0.1, 0.15) is 8.37 Å². The van der Waals surface area contributed by atoms with Crippen LogP contribution in [0, 0.1) is 0 Å². The number of nitrogens with one attached hydrogen (secondary N) is 3. The molecule has 0 amide bonds. The summed E-state index contributed by atoms with van der Waals surface area (Å²) in [5.41, 5.74) is 0. The molecule has 13 heavy (non-hydrogen) atoms. The fraction of sp³-hybridized carbons (Fsp3) is 0.333. The van der Waals surface area contributed by atoms with Crippen molar-refractivity contribution in [2.45, 2.75) is 0 Å². The molecule has 0 radical (unpaired) electrons. The van der Waals surface area contributed by atoms with Crippen LogP contribution in [0.1, 0.15) is 0 Å². The Kier molecular flexibility index (Phi) is 9.27. The predicted molar refractivity (Wildman–Crippen MR) is 61.5 cm³/mol. The predicted octanol–water partition coefficient (Wildman–Crippen LogP) is 1.54. The van der Waals surface area contributed by atoms with Crippen molar-refractivity contribution in [3.63, 3.8) is 0 Å². The van der Waals surface area contributed by atoms with Crippen LogP contribution in [-0.2, 0) is 0 Å². The van der Waals surface area contributed by atoms with Crippen molar-refractivity contribution in [1.29, 1.82) is 0 Å². The van der Waals surface area contributed by atoms with Crippen LogP contribution in [0.5, 0.6) is 0 Å². The molecule has 0 rings (SSSR count). The zero-order chi connectivity index (χ0) is 9.94. The normalized spacial score (nSPS) is 9.92. The summed E-state index contributed by atoms with van der Waals surface area (Å²) in [5.74, 6) is 0. The van der Waals surface area contributed by atoms with E-state index in [1.54, 1.807) is 0 Å². The lowest BCUT2D eigenvalue weighted by Gasteiger charge is -2.18. The van der Waals surface area contributed by atoms with Gasteiger partial charge in [-0.05, 0) is 0 Å². The lowest BCUT2D eigenvalue weighted by molar-refractivity contribution is 0.949. The van der Waals surface area contributed by atoms with Gasteiger partial charge >= 0.3 is 0 Å². The van der Waals surface area contributed by atoms with Crippen LogP contribution in [0.4, 0.5) is 0 Å². The fourth-order valence-electron chi connectivity index (χ4n) is 0.635. The van der Waals surface area contributed by atoms with E-state index in [-0.39, 0.29) is 0 Å². The highest BCUT2D eigenvalue weighted by Crippen LogP contribution is 2.16. The number of hydrogen-bond acceptors (Lipinski definition) is 3. The van der Waals surface area contributed by atoms with Gasteiger partial charge in [-0.15, -0.1) is 19.7 Å². The molecule has 0 aliphatic carbocycles. The summed E-state index contributed by atoms with van der Waals surface area (Å²) in [6, 6.07) is 0.